The number of likely N-dealkylation sites (tertiary alicyclic amines) is 1. The lowest BCUT2D eigenvalue weighted by atomic mass is 10.1. The van der Waals surface area contributed by atoms with Gasteiger partial charge in [-0.2, -0.15) is 0 Å². The maximum Gasteiger partial charge on any atom is 0.228 e. The van der Waals surface area contributed by atoms with Crippen LogP contribution < -0.4 is 0 Å². The zero-order valence-corrected chi connectivity index (χ0v) is 16.3. The molecule has 26 heavy (non-hydrogen) atoms. The number of hydrogen-bond donors (Lipinski definition) is 0. The minimum absolute atomic E-state index is 0.0244. The van der Waals surface area contributed by atoms with Crippen molar-refractivity contribution < 1.29 is 18.0 Å². The molecule has 2 atom stereocenters. The summed E-state index contributed by atoms with van der Waals surface area (Å²) in [5.74, 6) is -0.462. The first-order chi connectivity index (χ1) is 12.3. The Bertz CT molecular complexity index is 811. The van der Waals surface area contributed by atoms with Gasteiger partial charge in [0.2, 0.25) is 11.8 Å². The van der Waals surface area contributed by atoms with E-state index in [-0.39, 0.29) is 35.8 Å². The number of sulfone groups is 1. The van der Waals surface area contributed by atoms with Crippen LogP contribution in [-0.4, -0.2) is 60.7 Å². The summed E-state index contributed by atoms with van der Waals surface area (Å²) in [7, 11) is -3.06. The fraction of sp³-hybridized carbons (Fsp3) is 0.556. The number of carbonyl (C=O) groups excluding carboxylic acids is 2. The van der Waals surface area contributed by atoms with E-state index in [0.29, 0.717) is 31.1 Å². The summed E-state index contributed by atoms with van der Waals surface area (Å²) in [6.45, 7) is 3.03. The molecule has 2 aliphatic heterocycles. The first kappa shape index (κ1) is 19.2. The van der Waals surface area contributed by atoms with Crippen LogP contribution in [0.2, 0.25) is 5.02 Å². The Morgan fingerprint density at radius 1 is 1.35 bits per heavy atom. The number of rotatable bonds is 5. The van der Waals surface area contributed by atoms with Crippen molar-refractivity contribution in [3.8, 4) is 0 Å². The average molecular weight is 399 g/mol. The fourth-order valence-electron chi connectivity index (χ4n) is 3.77. The standard InChI is InChI=1S/C18H23ClN2O4S/c1-2-21(15-7-8-26(24,25)12-15)18(23)14-9-17(22)20(11-14)10-13-5-3-4-6-16(13)19/h3-6,14-15H,2,7-12H2,1H3. The van der Waals surface area contributed by atoms with E-state index < -0.39 is 15.8 Å². The molecule has 0 spiro atoms. The summed E-state index contributed by atoms with van der Waals surface area (Å²) in [4.78, 5) is 28.6. The zero-order valence-electron chi connectivity index (χ0n) is 14.7. The molecule has 2 saturated heterocycles. The number of benzene rings is 1. The first-order valence-electron chi connectivity index (χ1n) is 8.83. The molecular formula is C18H23ClN2O4S. The molecule has 0 radical (unpaired) electrons. The Hall–Kier alpha value is -1.60. The van der Waals surface area contributed by atoms with Crippen LogP contribution in [0.5, 0.6) is 0 Å². The van der Waals surface area contributed by atoms with Gasteiger partial charge in [0.1, 0.15) is 0 Å². The van der Waals surface area contributed by atoms with Gasteiger partial charge in [0.25, 0.3) is 0 Å². The molecule has 0 aliphatic carbocycles. The van der Waals surface area contributed by atoms with Crippen molar-refractivity contribution in [3.05, 3.63) is 34.9 Å². The largest absolute Gasteiger partial charge is 0.339 e. The van der Waals surface area contributed by atoms with Crippen LogP contribution in [0, 0.1) is 5.92 Å². The molecule has 2 unspecified atom stereocenters. The van der Waals surface area contributed by atoms with Crippen LogP contribution in [0.15, 0.2) is 24.3 Å². The third-order valence-corrected chi connectivity index (χ3v) is 7.27. The lowest BCUT2D eigenvalue weighted by Gasteiger charge is -2.29. The molecule has 1 aromatic rings. The van der Waals surface area contributed by atoms with Gasteiger partial charge in [-0.1, -0.05) is 29.8 Å². The summed E-state index contributed by atoms with van der Waals surface area (Å²) < 4.78 is 23.5. The van der Waals surface area contributed by atoms with Crippen LogP contribution in [-0.2, 0) is 26.0 Å². The second-order valence-corrected chi connectivity index (χ2v) is 9.58. The Labute approximate surface area is 159 Å². The predicted molar refractivity (Wildman–Crippen MR) is 99.4 cm³/mol. The molecule has 2 aliphatic rings. The van der Waals surface area contributed by atoms with E-state index in [4.69, 9.17) is 11.6 Å². The van der Waals surface area contributed by atoms with E-state index >= 15 is 0 Å². The smallest absolute Gasteiger partial charge is 0.228 e. The molecule has 0 bridgehead atoms. The monoisotopic (exact) mass is 398 g/mol. The van der Waals surface area contributed by atoms with Gasteiger partial charge in [-0.05, 0) is 25.0 Å². The SMILES string of the molecule is CCN(C(=O)C1CC(=O)N(Cc2ccccc2Cl)C1)C1CCS(=O)(=O)C1. The maximum atomic E-state index is 12.9. The number of nitrogens with zero attached hydrogens (tertiary/aromatic N) is 2. The van der Waals surface area contributed by atoms with Crippen LogP contribution in [0.3, 0.4) is 0 Å². The second kappa shape index (κ2) is 7.56. The normalized spacial score (nSPS) is 24.8. The summed E-state index contributed by atoms with van der Waals surface area (Å²) in [5.41, 5.74) is 0.852. The van der Waals surface area contributed by atoms with E-state index in [1.807, 2.05) is 25.1 Å². The van der Waals surface area contributed by atoms with Gasteiger partial charge in [0.05, 0.1) is 17.4 Å². The van der Waals surface area contributed by atoms with E-state index in [2.05, 4.69) is 0 Å². The molecule has 8 heteroatoms. The molecular weight excluding hydrogens is 376 g/mol. The lowest BCUT2D eigenvalue weighted by molar-refractivity contribution is -0.137. The molecule has 3 rings (SSSR count). The molecule has 2 heterocycles. The molecule has 0 aromatic heterocycles. The van der Waals surface area contributed by atoms with Crippen LogP contribution in [0.1, 0.15) is 25.3 Å². The van der Waals surface area contributed by atoms with Crippen LogP contribution in [0.25, 0.3) is 0 Å². The highest BCUT2D eigenvalue weighted by Crippen LogP contribution is 2.27. The van der Waals surface area contributed by atoms with Crippen molar-refractivity contribution in [1.82, 2.24) is 9.80 Å². The Balaban J connectivity index is 1.67. The van der Waals surface area contributed by atoms with E-state index in [1.165, 1.54) is 0 Å². The van der Waals surface area contributed by atoms with E-state index in [1.54, 1.807) is 15.9 Å². The lowest BCUT2D eigenvalue weighted by Crippen LogP contribution is -2.44. The van der Waals surface area contributed by atoms with Crippen LogP contribution >= 0.6 is 11.6 Å². The highest BCUT2D eigenvalue weighted by molar-refractivity contribution is 7.91. The van der Waals surface area contributed by atoms with Gasteiger partial charge in [-0.25, -0.2) is 8.42 Å². The molecule has 0 N–H and O–H groups in total. The molecule has 1 aromatic carbocycles. The zero-order chi connectivity index (χ0) is 18.9. The van der Waals surface area contributed by atoms with Crippen LogP contribution in [0.4, 0.5) is 0 Å². The molecule has 142 valence electrons. The van der Waals surface area contributed by atoms with Crippen molar-refractivity contribution >= 4 is 33.3 Å². The van der Waals surface area contributed by atoms with Gasteiger partial charge in [-0.3, -0.25) is 9.59 Å². The third-order valence-electron chi connectivity index (χ3n) is 5.16. The minimum Gasteiger partial charge on any atom is -0.339 e. The Morgan fingerprint density at radius 3 is 2.69 bits per heavy atom. The molecule has 0 saturated carbocycles. The molecule has 2 amide bonds. The van der Waals surface area contributed by atoms with Gasteiger partial charge in [0.15, 0.2) is 9.84 Å². The van der Waals surface area contributed by atoms with Crippen molar-refractivity contribution in [1.29, 1.82) is 0 Å². The van der Waals surface area contributed by atoms with Gasteiger partial charge in [0, 0.05) is 37.1 Å². The highest BCUT2D eigenvalue weighted by atomic mass is 35.5. The third kappa shape index (κ3) is 4.04. The highest BCUT2D eigenvalue weighted by Gasteiger charge is 2.40. The number of amides is 2. The Morgan fingerprint density at radius 2 is 2.08 bits per heavy atom. The topological polar surface area (TPSA) is 74.8 Å². The number of hydrogen-bond acceptors (Lipinski definition) is 4. The van der Waals surface area contributed by atoms with E-state index in [9.17, 15) is 18.0 Å². The molecule has 2 fully saturated rings. The van der Waals surface area contributed by atoms with Crippen molar-refractivity contribution in [2.24, 2.45) is 5.92 Å². The quantitative estimate of drug-likeness (QED) is 0.756. The van der Waals surface area contributed by atoms with Crippen molar-refractivity contribution in [3.63, 3.8) is 0 Å². The van der Waals surface area contributed by atoms with Crippen molar-refractivity contribution in [2.45, 2.75) is 32.4 Å². The number of carbonyl (C=O) groups is 2. The minimum atomic E-state index is -3.06. The second-order valence-electron chi connectivity index (χ2n) is 6.95. The fourth-order valence-corrected chi connectivity index (χ4v) is 5.70. The predicted octanol–water partition coefficient (Wildman–Crippen LogP) is 1.72. The van der Waals surface area contributed by atoms with Gasteiger partial charge >= 0.3 is 0 Å². The van der Waals surface area contributed by atoms with Gasteiger partial charge in [-0.15, -0.1) is 0 Å². The summed E-state index contributed by atoms with van der Waals surface area (Å²) in [6.07, 6.45) is 0.644. The first-order valence-corrected chi connectivity index (χ1v) is 11.0. The number of halogens is 1. The maximum absolute atomic E-state index is 12.9. The van der Waals surface area contributed by atoms with E-state index in [0.717, 1.165) is 5.56 Å². The summed E-state index contributed by atoms with van der Waals surface area (Å²) >= 11 is 6.17. The molecule has 6 nitrogen and oxygen atoms in total. The Kier molecular flexibility index (Phi) is 5.58. The summed E-state index contributed by atoms with van der Waals surface area (Å²) in [5, 5.41) is 0.599. The average Bonchev–Trinajstić information content (AvgIpc) is 3.13. The van der Waals surface area contributed by atoms with Crippen molar-refractivity contribution in [2.75, 3.05) is 24.6 Å². The van der Waals surface area contributed by atoms with Gasteiger partial charge < -0.3 is 9.80 Å². The summed E-state index contributed by atoms with van der Waals surface area (Å²) in [6, 6.07) is 7.07.